The molecule has 0 unspecified atom stereocenters. The minimum absolute atomic E-state index is 0.0746. The first-order valence-electron chi connectivity index (χ1n) is 5.37. The van der Waals surface area contributed by atoms with Crippen LogP contribution in [0.5, 0.6) is 0 Å². The number of hydrogen-bond acceptors (Lipinski definition) is 6. The molecule has 0 saturated heterocycles. The summed E-state index contributed by atoms with van der Waals surface area (Å²) in [5.41, 5.74) is 5.65. The Morgan fingerprint density at radius 1 is 1.47 bits per heavy atom. The van der Waals surface area contributed by atoms with E-state index in [1.807, 2.05) is 0 Å². The topological polar surface area (TPSA) is 88.3 Å². The van der Waals surface area contributed by atoms with Crippen molar-refractivity contribution < 1.29 is 8.42 Å². The van der Waals surface area contributed by atoms with Gasteiger partial charge in [-0.15, -0.1) is 0 Å². The summed E-state index contributed by atoms with van der Waals surface area (Å²) in [6, 6.07) is 0.353. The van der Waals surface area contributed by atoms with Gasteiger partial charge in [-0.25, -0.2) is 12.7 Å². The maximum absolute atomic E-state index is 12.1. The van der Waals surface area contributed by atoms with E-state index < -0.39 is 10.0 Å². The summed E-state index contributed by atoms with van der Waals surface area (Å²) in [6.07, 6.45) is 3.32. The van der Waals surface area contributed by atoms with Gasteiger partial charge in [0, 0.05) is 20.1 Å². The van der Waals surface area contributed by atoms with E-state index in [-0.39, 0.29) is 10.7 Å². The Kier molecular flexibility index (Phi) is 3.28. The number of aromatic nitrogens is 1. The van der Waals surface area contributed by atoms with Gasteiger partial charge in [0.2, 0.25) is 10.0 Å². The van der Waals surface area contributed by atoms with Gasteiger partial charge in [0.25, 0.3) is 0 Å². The van der Waals surface area contributed by atoms with Crippen LogP contribution in [0.15, 0.2) is 4.90 Å². The molecule has 0 bridgehead atoms. The second kappa shape index (κ2) is 4.43. The highest BCUT2D eigenvalue weighted by Crippen LogP contribution is 2.35. The summed E-state index contributed by atoms with van der Waals surface area (Å²) < 4.78 is 29.3. The summed E-state index contributed by atoms with van der Waals surface area (Å²) in [5, 5.41) is 3.76. The lowest BCUT2D eigenvalue weighted by atomic mass is 9.93. The molecule has 1 aliphatic rings. The number of nitrogens with one attached hydrogen (secondary N) is 1. The van der Waals surface area contributed by atoms with Crippen LogP contribution in [0.25, 0.3) is 0 Å². The van der Waals surface area contributed by atoms with E-state index >= 15 is 0 Å². The molecule has 3 N–H and O–H groups in total. The monoisotopic (exact) mass is 276 g/mol. The van der Waals surface area contributed by atoms with Crippen molar-refractivity contribution in [3.63, 3.8) is 0 Å². The van der Waals surface area contributed by atoms with Crippen molar-refractivity contribution in [3.8, 4) is 0 Å². The fraction of sp³-hybridized carbons (Fsp3) is 0.667. The molecule has 0 spiro atoms. The highest BCUT2D eigenvalue weighted by atomic mass is 32.2. The van der Waals surface area contributed by atoms with Gasteiger partial charge in [-0.1, -0.05) is 0 Å². The van der Waals surface area contributed by atoms with Gasteiger partial charge in [-0.2, -0.15) is 4.37 Å². The van der Waals surface area contributed by atoms with Crippen LogP contribution in [0.2, 0.25) is 0 Å². The van der Waals surface area contributed by atoms with E-state index in [1.54, 1.807) is 0 Å². The van der Waals surface area contributed by atoms with E-state index in [0.717, 1.165) is 28.7 Å². The lowest BCUT2D eigenvalue weighted by molar-refractivity contribution is 0.445. The van der Waals surface area contributed by atoms with E-state index in [0.29, 0.717) is 11.0 Å². The summed E-state index contributed by atoms with van der Waals surface area (Å²) in [6.45, 7) is 0. The van der Waals surface area contributed by atoms with Crippen molar-refractivity contribution in [2.24, 2.45) is 0 Å². The van der Waals surface area contributed by atoms with Crippen LogP contribution in [-0.2, 0) is 10.0 Å². The summed E-state index contributed by atoms with van der Waals surface area (Å²) in [5.74, 6) is 0.0746. The first-order chi connectivity index (χ1) is 7.93. The van der Waals surface area contributed by atoms with Gasteiger partial charge in [-0.05, 0) is 30.8 Å². The molecule has 0 aliphatic heterocycles. The average molecular weight is 276 g/mol. The maximum Gasteiger partial charge on any atom is 0.249 e. The molecule has 17 heavy (non-hydrogen) atoms. The number of anilines is 2. The third-order valence-corrected chi connectivity index (χ3v) is 5.67. The number of hydrogen-bond donors (Lipinski definition) is 2. The third-order valence-electron chi connectivity index (χ3n) is 2.85. The Morgan fingerprint density at radius 3 is 2.59 bits per heavy atom. The minimum atomic E-state index is -3.53. The first kappa shape index (κ1) is 12.6. The largest absolute Gasteiger partial charge is 0.382 e. The predicted octanol–water partition coefficient (Wildman–Crippen LogP) is 0.940. The lowest BCUT2D eigenvalue weighted by Gasteiger charge is -2.27. The molecule has 1 aromatic heterocycles. The van der Waals surface area contributed by atoms with Crippen molar-refractivity contribution in [2.45, 2.75) is 30.2 Å². The lowest BCUT2D eigenvalue weighted by Crippen LogP contribution is -2.29. The summed E-state index contributed by atoms with van der Waals surface area (Å²) in [4.78, 5) is 0.111. The van der Waals surface area contributed by atoms with Gasteiger partial charge in [0.1, 0.15) is 5.00 Å². The van der Waals surface area contributed by atoms with Gasteiger partial charge in [-0.3, -0.25) is 0 Å². The molecule has 0 radical (unpaired) electrons. The van der Waals surface area contributed by atoms with Crippen LogP contribution in [0.1, 0.15) is 19.3 Å². The smallest absolute Gasteiger partial charge is 0.249 e. The molecular formula is C9H16N4O2S2. The minimum Gasteiger partial charge on any atom is -0.382 e. The molecule has 1 saturated carbocycles. The third kappa shape index (κ3) is 2.24. The first-order valence-corrected chi connectivity index (χ1v) is 7.58. The van der Waals surface area contributed by atoms with Crippen LogP contribution in [0.4, 0.5) is 10.8 Å². The van der Waals surface area contributed by atoms with Crippen LogP contribution < -0.4 is 11.1 Å². The molecule has 0 aromatic carbocycles. The van der Waals surface area contributed by atoms with E-state index in [1.165, 1.54) is 20.5 Å². The molecule has 6 nitrogen and oxygen atoms in total. The number of rotatable bonds is 4. The number of nitrogen functional groups attached to an aromatic ring is 1. The Morgan fingerprint density at radius 2 is 2.12 bits per heavy atom. The van der Waals surface area contributed by atoms with Crippen LogP contribution in [-0.4, -0.2) is 37.2 Å². The quantitative estimate of drug-likeness (QED) is 0.854. The van der Waals surface area contributed by atoms with Crippen LogP contribution in [0, 0.1) is 0 Å². The molecule has 8 heteroatoms. The molecular weight excluding hydrogens is 260 g/mol. The number of nitrogens with zero attached hydrogens (tertiary/aromatic N) is 2. The highest BCUT2D eigenvalue weighted by Gasteiger charge is 2.29. The molecule has 1 aromatic rings. The van der Waals surface area contributed by atoms with E-state index in [2.05, 4.69) is 9.69 Å². The number of nitrogens with two attached hydrogens (primary N) is 1. The zero-order valence-electron chi connectivity index (χ0n) is 9.80. The van der Waals surface area contributed by atoms with Crippen LogP contribution >= 0.6 is 11.5 Å². The Balaban J connectivity index is 2.35. The molecule has 1 aliphatic carbocycles. The molecule has 96 valence electrons. The van der Waals surface area contributed by atoms with E-state index in [4.69, 9.17) is 5.73 Å². The fourth-order valence-electron chi connectivity index (χ4n) is 1.56. The van der Waals surface area contributed by atoms with Crippen molar-refractivity contribution in [3.05, 3.63) is 0 Å². The molecule has 2 rings (SSSR count). The summed E-state index contributed by atoms with van der Waals surface area (Å²) >= 11 is 1.11. The Hall–Kier alpha value is -0.860. The fourth-order valence-corrected chi connectivity index (χ4v) is 3.70. The van der Waals surface area contributed by atoms with Crippen molar-refractivity contribution in [1.82, 2.24) is 8.68 Å². The zero-order chi connectivity index (χ0) is 12.6. The molecule has 1 heterocycles. The van der Waals surface area contributed by atoms with Gasteiger partial charge in [0.15, 0.2) is 10.7 Å². The Labute approximate surface area is 105 Å². The standard InChI is InChI=1S/C9H16N4O2S2/c1-13(2)17(14,15)7-8(10)12-16-9(7)11-6-4-3-5-6/h6,11H,3-5H2,1-2H3,(H2,10,12). The predicted molar refractivity (Wildman–Crippen MR) is 68.7 cm³/mol. The zero-order valence-corrected chi connectivity index (χ0v) is 11.4. The second-order valence-corrected chi connectivity index (χ2v) is 7.15. The molecule has 1 fully saturated rings. The second-order valence-electron chi connectivity index (χ2n) is 4.29. The highest BCUT2D eigenvalue weighted by molar-refractivity contribution is 7.89. The average Bonchev–Trinajstić information content (AvgIpc) is 2.53. The Bertz CT molecular complexity index is 505. The van der Waals surface area contributed by atoms with Crippen molar-refractivity contribution >= 4 is 32.4 Å². The molecule has 0 amide bonds. The van der Waals surface area contributed by atoms with Gasteiger partial charge >= 0.3 is 0 Å². The van der Waals surface area contributed by atoms with E-state index in [9.17, 15) is 8.42 Å². The molecule has 0 atom stereocenters. The normalized spacial score (nSPS) is 17.1. The SMILES string of the molecule is CN(C)S(=O)(=O)c1c(N)nsc1NC1CCC1. The summed E-state index contributed by atoms with van der Waals surface area (Å²) in [7, 11) is -0.560. The number of sulfonamides is 1. The van der Waals surface area contributed by atoms with Crippen LogP contribution in [0.3, 0.4) is 0 Å². The van der Waals surface area contributed by atoms with Crippen molar-refractivity contribution in [2.75, 3.05) is 25.1 Å². The van der Waals surface area contributed by atoms with Gasteiger partial charge in [0.05, 0.1) is 0 Å². The maximum atomic E-state index is 12.1. The van der Waals surface area contributed by atoms with Crippen molar-refractivity contribution in [1.29, 1.82) is 0 Å². The van der Waals surface area contributed by atoms with Gasteiger partial charge < -0.3 is 11.1 Å².